The average Bonchev–Trinajstić information content (AvgIpc) is 2.38. The normalized spacial score (nSPS) is 12.2. The lowest BCUT2D eigenvalue weighted by Crippen LogP contribution is -2.18. The zero-order chi connectivity index (χ0) is 15.8. The molecule has 1 aromatic rings. The van der Waals surface area contributed by atoms with Crippen molar-refractivity contribution in [3.63, 3.8) is 0 Å². The summed E-state index contributed by atoms with van der Waals surface area (Å²) in [5.41, 5.74) is 0.777. The summed E-state index contributed by atoms with van der Waals surface area (Å²) in [6, 6.07) is 6.06. The summed E-state index contributed by atoms with van der Waals surface area (Å²) >= 11 is 0. The van der Waals surface area contributed by atoms with Crippen LogP contribution in [0.1, 0.15) is 44.0 Å². The van der Waals surface area contributed by atoms with Gasteiger partial charge in [-0.15, -0.1) is 0 Å². The maximum absolute atomic E-state index is 11.7. The molecule has 0 fully saturated rings. The maximum atomic E-state index is 11.7. The van der Waals surface area contributed by atoms with Crippen LogP contribution < -0.4 is 5.32 Å². The largest absolute Gasteiger partial charge is 0.478 e. The van der Waals surface area contributed by atoms with Crippen LogP contribution >= 0.6 is 0 Å². The minimum Gasteiger partial charge on any atom is -0.478 e. The third kappa shape index (κ3) is 6.90. The highest BCUT2D eigenvalue weighted by Gasteiger charge is 2.08. The Morgan fingerprint density at radius 2 is 1.81 bits per heavy atom. The van der Waals surface area contributed by atoms with E-state index in [9.17, 15) is 9.59 Å². The van der Waals surface area contributed by atoms with Crippen LogP contribution in [0.15, 0.2) is 24.3 Å². The zero-order valence-corrected chi connectivity index (χ0v) is 12.8. The molecule has 5 heteroatoms. The van der Waals surface area contributed by atoms with Gasteiger partial charge in [-0.1, -0.05) is 13.8 Å². The minimum atomic E-state index is -0.986. The molecule has 1 rings (SSSR count). The summed E-state index contributed by atoms with van der Waals surface area (Å²) in [4.78, 5) is 22.4. The molecule has 0 aromatic heterocycles. The molecule has 0 saturated heterocycles. The van der Waals surface area contributed by atoms with E-state index in [4.69, 9.17) is 9.84 Å². The molecule has 0 radical (unpaired) electrons. The molecule has 0 aliphatic rings. The van der Waals surface area contributed by atoms with Crippen molar-refractivity contribution in [3.05, 3.63) is 29.8 Å². The molecule has 2 N–H and O–H groups in total. The average molecular weight is 293 g/mol. The second-order valence-corrected chi connectivity index (χ2v) is 5.49. The first kappa shape index (κ1) is 17.2. The number of nitrogens with one attached hydrogen (secondary N) is 1. The molecule has 1 unspecified atom stereocenters. The number of rotatable bonds is 8. The van der Waals surface area contributed by atoms with E-state index in [0.29, 0.717) is 18.2 Å². The van der Waals surface area contributed by atoms with E-state index in [0.717, 1.165) is 6.42 Å². The lowest BCUT2D eigenvalue weighted by molar-refractivity contribution is -0.117. The molecule has 0 aliphatic heterocycles. The van der Waals surface area contributed by atoms with Gasteiger partial charge in [0.15, 0.2) is 0 Å². The molecule has 1 atom stereocenters. The number of carbonyl (C=O) groups is 2. The Bertz CT molecular complexity index is 468. The van der Waals surface area contributed by atoms with Crippen LogP contribution in [0.4, 0.5) is 5.69 Å². The van der Waals surface area contributed by atoms with E-state index in [-0.39, 0.29) is 24.0 Å². The van der Waals surface area contributed by atoms with Crippen LogP contribution in [0.3, 0.4) is 0 Å². The van der Waals surface area contributed by atoms with Crippen LogP contribution in [0.25, 0.3) is 0 Å². The van der Waals surface area contributed by atoms with E-state index >= 15 is 0 Å². The fraction of sp³-hybridized carbons (Fsp3) is 0.500. The number of carbonyl (C=O) groups excluding carboxylic acids is 1. The van der Waals surface area contributed by atoms with Gasteiger partial charge in [-0.2, -0.15) is 0 Å². The highest BCUT2D eigenvalue weighted by molar-refractivity contribution is 5.92. The summed E-state index contributed by atoms with van der Waals surface area (Å²) in [7, 11) is 0. The number of hydrogen-bond acceptors (Lipinski definition) is 3. The van der Waals surface area contributed by atoms with Crippen molar-refractivity contribution in [3.8, 4) is 0 Å². The fourth-order valence-corrected chi connectivity index (χ4v) is 2.00. The summed E-state index contributed by atoms with van der Waals surface area (Å²) in [6.45, 7) is 6.65. The first-order chi connectivity index (χ1) is 9.88. The molecule has 5 nitrogen and oxygen atoms in total. The Hall–Kier alpha value is -1.88. The molecule has 0 aliphatic carbocycles. The van der Waals surface area contributed by atoms with Gasteiger partial charge in [-0.25, -0.2) is 4.79 Å². The smallest absolute Gasteiger partial charge is 0.335 e. The highest BCUT2D eigenvalue weighted by Crippen LogP contribution is 2.11. The zero-order valence-electron chi connectivity index (χ0n) is 12.8. The van der Waals surface area contributed by atoms with E-state index in [1.807, 2.05) is 6.92 Å². The molecule has 1 amide bonds. The fourth-order valence-electron chi connectivity index (χ4n) is 2.00. The number of amides is 1. The van der Waals surface area contributed by atoms with Crippen LogP contribution in [-0.4, -0.2) is 29.7 Å². The van der Waals surface area contributed by atoms with Crippen molar-refractivity contribution in [2.75, 3.05) is 11.9 Å². The maximum Gasteiger partial charge on any atom is 0.335 e. The number of aromatic carboxylic acids is 1. The minimum absolute atomic E-state index is 0.144. The Morgan fingerprint density at radius 3 is 2.33 bits per heavy atom. The Kier molecular flexibility index (Phi) is 6.88. The predicted molar refractivity (Wildman–Crippen MR) is 81.5 cm³/mol. The van der Waals surface area contributed by atoms with Crippen molar-refractivity contribution in [2.45, 2.75) is 39.7 Å². The molecular weight excluding hydrogens is 270 g/mol. The van der Waals surface area contributed by atoms with Crippen molar-refractivity contribution >= 4 is 17.6 Å². The Morgan fingerprint density at radius 1 is 1.19 bits per heavy atom. The molecule has 0 bridgehead atoms. The van der Waals surface area contributed by atoms with Crippen LogP contribution in [0.2, 0.25) is 0 Å². The van der Waals surface area contributed by atoms with Gasteiger partial charge in [0.1, 0.15) is 0 Å². The number of hydrogen-bond donors (Lipinski definition) is 2. The first-order valence-electron chi connectivity index (χ1n) is 7.13. The second kappa shape index (κ2) is 8.42. The van der Waals surface area contributed by atoms with Gasteiger partial charge in [0.2, 0.25) is 5.91 Å². The molecule has 0 spiro atoms. The highest BCUT2D eigenvalue weighted by atomic mass is 16.5. The van der Waals surface area contributed by atoms with E-state index in [1.54, 1.807) is 12.1 Å². The van der Waals surface area contributed by atoms with Crippen molar-refractivity contribution < 1.29 is 19.4 Å². The van der Waals surface area contributed by atoms with Crippen LogP contribution in [0, 0.1) is 5.92 Å². The lowest BCUT2D eigenvalue weighted by atomic mass is 10.1. The Balaban J connectivity index is 2.32. The van der Waals surface area contributed by atoms with Gasteiger partial charge in [-0.3, -0.25) is 4.79 Å². The number of carboxylic acid groups (broad SMARTS) is 1. The van der Waals surface area contributed by atoms with Gasteiger partial charge in [0.25, 0.3) is 0 Å². The van der Waals surface area contributed by atoms with Crippen LogP contribution in [0.5, 0.6) is 0 Å². The topological polar surface area (TPSA) is 75.6 Å². The number of benzene rings is 1. The van der Waals surface area contributed by atoms with Crippen molar-refractivity contribution in [1.29, 1.82) is 0 Å². The SMILES string of the molecule is CC(C)CC(C)OCCC(=O)Nc1ccc(C(=O)O)cc1. The molecule has 0 saturated carbocycles. The molecule has 1 aromatic carbocycles. The van der Waals surface area contributed by atoms with E-state index in [1.165, 1.54) is 12.1 Å². The van der Waals surface area contributed by atoms with Crippen molar-refractivity contribution in [2.24, 2.45) is 5.92 Å². The number of anilines is 1. The predicted octanol–water partition coefficient (Wildman–Crippen LogP) is 3.16. The van der Waals surface area contributed by atoms with Gasteiger partial charge < -0.3 is 15.2 Å². The van der Waals surface area contributed by atoms with Crippen molar-refractivity contribution in [1.82, 2.24) is 0 Å². The van der Waals surface area contributed by atoms with Crippen LogP contribution in [-0.2, 0) is 9.53 Å². The van der Waals surface area contributed by atoms with Gasteiger partial charge in [0.05, 0.1) is 24.7 Å². The molecule has 116 valence electrons. The number of ether oxygens (including phenoxy) is 1. The first-order valence-corrected chi connectivity index (χ1v) is 7.13. The van der Waals surface area contributed by atoms with Gasteiger partial charge >= 0.3 is 5.97 Å². The summed E-state index contributed by atoms with van der Waals surface area (Å²) in [5, 5.41) is 11.5. The molecule has 21 heavy (non-hydrogen) atoms. The summed E-state index contributed by atoms with van der Waals surface area (Å²) < 4.78 is 5.57. The van der Waals surface area contributed by atoms with E-state index < -0.39 is 5.97 Å². The standard InChI is InChI=1S/C16H23NO4/c1-11(2)10-12(3)21-9-8-15(18)17-14-6-4-13(5-7-14)16(19)20/h4-7,11-12H,8-10H2,1-3H3,(H,17,18)(H,19,20). The summed E-state index contributed by atoms with van der Waals surface area (Å²) in [6.07, 6.45) is 1.40. The Labute approximate surface area is 125 Å². The van der Waals surface area contributed by atoms with E-state index in [2.05, 4.69) is 19.2 Å². The third-order valence-corrected chi connectivity index (χ3v) is 2.95. The quantitative estimate of drug-likeness (QED) is 0.772. The molecular formula is C16H23NO4. The van der Waals surface area contributed by atoms with Gasteiger partial charge in [0, 0.05) is 5.69 Å². The van der Waals surface area contributed by atoms with Gasteiger partial charge in [-0.05, 0) is 43.5 Å². The summed E-state index contributed by atoms with van der Waals surface area (Å²) in [5.74, 6) is -0.559. The number of carboxylic acids is 1. The third-order valence-electron chi connectivity index (χ3n) is 2.95. The monoisotopic (exact) mass is 293 g/mol. The second-order valence-electron chi connectivity index (χ2n) is 5.49. The lowest BCUT2D eigenvalue weighted by Gasteiger charge is -2.14. The molecule has 0 heterocycles.